The molecule has 27 heavy (non-hydrogen) atoms. The number of rotatable bonds is 9. The van der Waals surface area contributed by atoms with Gasteiger partial charge < -0.3 is 15.1 Å². The number of nitrogens with zero attached hydrogens (tertiary/aromatic N) is 2. The molecule has 0 atom stereocenters. The Labute approximate surface area is 158 Å². The van der Waals surface area contributed by atoms with Gasteiger partial charge in [-0.25, -0.2) is 4.79 Å². The third-order valence-electron chi connectivity index (χ3n) is 4.23. The van der Waals surface area contributed by atoms with Crippen molar-refractivity contribution in [2.45, 2.75) is 53.0 Å². The Kier molecular flexibility index (Phi) is 7.04. The Morgan fingerprint density at radius 2 is 2.11 bits per heavy atom. The lowest BCUT2D eigenvalue weighted by Crippen LogP contribution is -2.42. The van der Waals surface area contributed by atoms with Crippen molar-refractivity contribution in [2.24, 2.45) is 5.92 Å². The van der Waals surface area contributed by atoms with E-state index in [-0.39, 0.29) is 29.8 Å². The molecule has 1 amide bonds. The number of hydrogen-bond donors (Lipinski definition) is 2. The van der Waals surface area contributed by atoms with Crippen molar-refractivity contribution in [2.75, 3.05) is 17.2 Å². The van der Waals surface area contributed by atoms with Crippen LogP contribution in [0.5, 0.6) is 0 Å². The maximum Gasteiger partial charge on any atom is 0.330 e. The fourth-order valence-electron chi connectivity index (χ4n) is 2.88. The molecule has 0 saturated heterocycles. The molecular formula is C19H28N4O4. The number of carbonyl (C=O) groups is 1. The SMILES string of the molecule is CCCCN(C(=O)CCc1ccco1)c1c(N)n(CC(C)C)c(=O)[nH]c1=O. The first-order chi connectivity index (χ1) is 12.8. The minimum absolute atomic E-state index is 0.0277. The monoisotopic (exact) mass is 376 g/mol. The van der Waals surface area contributed by atoms with Crippen molar-refractivity contribution in [3.63, 3.8) is 0 Å². The van der Waals surface area contributed by atoms with Crippen molar-refractivity contribution >= 4 is 17.4 Å². The van der Waals surface area contributed by atoms with E-state index < -0.39 is 11.2 Å². The fourth-order valence-corrected chi connectivity index (χ4v) is 2.88. The molecule has 2 heterocycles. The molecule has 3 N–H and O–H groups in total. The number of aryl methyl sites for hydroxylation is 1. The summed E-state index contributed by atoms with van der Waals surface area (Å²) in [4.78, 5) is 41.2. The maximum atomic E-state index is 12.9. The molecule has 0 saturated carbocycles. The molecule has 0 aliphatic carbocycles. The van der Waals surface area contributed by atoms with Crippen LogP contribution >= 0.6 is 0 Å². The summed E-state index contributed by atoms with van der Waals surface area (Å²) in [6.07, 6.45) is 3.73. The molecule has 0 unspecified atom stereocenters. The van der Waals surface area contributed by atoms with Crippen LogP contribution in [0.1, 0.15) is 45.8 Å². The number of carbonyl (C=O) groups excluding carboxylic acids is 1. The molecule has 8 heteroatoms. The number of amides is 1. The van der Waals surface area contributed by atoms with Crippen LogP contribution in [-0.2, 0) is 17.8 Å². The molecule has 2 aromatic heterocycles. The van der Waals surface area contributed by atoms with E-state index in [1.54, 1.807) is 18.4 Å². The van der Waals surface area contributed by atoms with Crippen LogP contribution in [0.3, 0.4) is 0 Å². The Morgan fingerprint density at radius 3 is 2.70 bits per heavy atom. The molecule has 148 valence electrons. The van der Waals surface area contributed by atoms with Crippen molar-refractivity contribution in [3.8, 4) is 0 Å². The second-order valence-corrected chi connectivity index (χ2v) is 6.98. The summed E-state index contributed by atoms with van der Waals surface area (Å²) in [5.74, 6) is 0.652. The fraction of sp³-hybridized carbons (Fsp3) is 0.526. The highest BCUT2D eigenvalue weighted by atomic mass is 16.3. The Morgan fingerprint density at radius 1 is 1.37 bits per heavy atom. The summed E-state index contributed by atoms with van der Waals surface area (Å²) in [6, 6.07) is 3.56. The van der Waals surface area contributed by atoms with Gasteiger partial charge in [0, 0.05) is 25.9 Å². The van der Waals surface area contributed by atoms with Crippen LogP contribution in [0.15, 0.2) is 32.4 Å². The van der Waals surface area contributed by atoms with Gasteiger partial charge in [-0.3, -0.25) is 19.1 Å². The summed E-state index contributed by atoms with van der Waals surface area (Å²) >= 11 is 0. The lowest BCUT2D eigenvalue weighted by atomic mass is 10.2. The van der Waals surface area contributed by atoms with Gasteiger partial charge in [-0.2, -0.15) is 0 Å². The summed E-state index contributed by atoms with van der Waals surface area (Å²) in [6.45, 7) is 6.61. The zero-order valence-electron chi connectivity index (χ0n) is 16.2. The zero-order chi connectivity index (χ0) is 20.0. The Hall–Kier alpha value is -2.77. The van der Waals surface area contributed by atoms with Crippen LogP contribution < -0.4 is 21.9 Å². The number of nitrogens with one attached hydrogen (secondary N) is 1. The lowest BCUT2D eigenvalue weighted by Gasteiger charge is -2.24. The molecule has 0 fully saturated rings. The van der Waals surface area contributed by atoms with E-state index in [1.165, 1.54) is 9.47 Å². The number of aromatic amines is 1. The van der Waals surface area contributed by atoms with Gasteiger partial charge in [0.1, 0.15) is 11.6 Å². The first-order valence-electron chi connectivity index (χ1n) is 9.30. The van der Waals surface area contributed by atoms with Gasteiger partial charge >= 0.3 is 5.69 Å². The van der Waals surface area contributed by atoms with Crippen LogP contribution in [0, 0.1) is 5.92 Å². The van der Waals surface area contributed by atoms with Gasteiger partial charge in [0.2, 0.25) is 5.91 Å². The highest BCUT2D eigenvalue weighted by Crippen LogP contribution is 2.20. The van der Waals surface area contributed by atoms with E-state index in [0.29, 0.717) is 31.7 Å². The third-order valence-corrected chi connectivity index (χ3v) is 4.23. The first-order valence-corrected chi connectivity index (χ1v) is 9.30. The van der Waals surface area contributed by atoms with Crippen molar-refractivity contribution in [1.82, 2.24) is 9.55 Å². The summed E-state index contributed by atoms with van der Waals surface area (Å²) in [5, 5.41) is 0. The number of nitrogen functional groups attached to an aromatic ring is 1. The second-order valence-electron chi connectivity index (χ2n) is 6.98. The van der Waals surface area contributed by atoms with Gasteiger partial charge in [0.05, 0.1) is 6.26 Å². The summed E-state index contributed by atoms with van der Waals surface area (Å²) in [7, 11) is 0. The molecule has 0 aromatic carbocycles. The first kappa shape index (κ1) is 20.5. The van der Waals surface area contributed by atoms with Gasteiger partial charge in [0.25, 0.3) is 5.56 Å². The predicted octanol–water partition coefficient (Wildman–Crippen LogP) is 2.13. The number of unbranched alkanes of at least 4 members (excludes halogenated alkanes) is 1. The number of aromatic nitrogens is 2. The van der Waals surface area contributed by atoms with Crippen LogP contribution in [0.25, 0.3) is 0 Å². The molecule has 0 aliphatic rings. The number of nitrogens with two attached hydrogens (primary N) is 1. The topological polar surface area (TPSA) is 114 Å². The van der Waals surface area contributed by atoms with E-state index in [9.17, 15) is 14.4 Å². The highest BCUT2D eigenvalue weighted by molar-refractivity contribution is 5.95. The van der Waals surface area contributed by atoms with Crippen molar-refractivity contribution < 1.29 is 9.21 Å². The molecule has 0 bridgehead atoms. The van der Waals surface area contributed by atoms with E-state index in [2.05, 4.69) is 4.98 Å². The molecule has 2 aromatic rings. The van der Waals surface area contributed by atoms with Crippen molar-refractivity contribution in [1.29, 1.82) is 0 Å². The molecule has 0 spiro atoms. The van der Waals surface area contributed by atoms with E-state index in [4.69, 9.17) is 10.2 Å². The van der Waals surface area contributed by atoms with Gasteiger partial charge in [-0.1, -0.05) is 27.2 Å². The van der Waals surface area contributed by atoms with Crippen LogP contribution in [0.2, 0.25) is 0 Å². The minimum Gasteiger partial charge on any atom is -0.469 e. The number of anilines is 2. The zero-order valence-corrected chi connectivity index (χ0v) is 16.2. The normalized spacial score (nSPS) is 11.1. The third kappa shape index (κ3) is 5.12. The van der Waals surface area contributed by atoms with Gasteiger partial charge in [-0.05, 0) is 24.5 Å². The standard InChI is InChI=1S/C19H28N4O4/c1-4-5-10-22(15(24)9-8-14-7-6-11-27-14)16-17(20)23(12-13(2)3)19(26)21-18(16)25/h6-7,11,13H,4-5,8-10,12,20H2,1-3H3,(H,21,25,26). The largest absolute Gasteiger partial charge is 0.469 e. The quantitative estimate of drug-likeness (QED) is 0.696. The second kappa shape index (κ2) is 9.25. The van der Waals surface area contributed by atoms with E-state index >= 15 is 0 Å². The van der Waals surface area contributed by atoms with Crippen molar-refractivity contribution in [3.05, 3.63) is 45.0 Å². The Bertz CT molecular complexity index is 865. The highest BCUT2D eigenvalue weighted by Gasteiger charge is 2.24. The molecular weight excluding hydrogens is 348 g/mol. The summed E-state index contributed by atoms with van der Waals surface area (Å²) < 4.78 is 6.59. The lowest BCUT2D eigenvalue weighted by molar-refractivity contribution is -0.118. The molecule has 0 radical (unpaired) electrons. The molecule has 0 aliphatic heterocycles. The maximum absolute atomic E-state index is 12.9. The minimum atomic E-state index is -0.639. The van der Waals surface area contributed by atoms with Crippen LogP contribution in [-0.4, -0.2) is 22.0 Å². The molecule has 2 rings (SSSR count). The predicted molar refractivity (Wildman–Crippen MR) is 105 cm³/mol. The average Bonchev–Trinajstić information content (AvgIpc) is 3.12. The van der Waals surface area contributed by atoms with E-state index in [0.717, 1.165) is 6.42 Å². The number of H-pyrrole nitrogens is 1. The van der Waals surface area contributed by atoms with Gasteiger partial charge in [0.15, 0.2) is 5.69 Å². The smallest absolute Gasteiger partial charge is 0.330 e. The Balaban J connectivity index is 2.38. The van der Waals surface area contributed by atoms with Gasteiger partial charge in [-0.15, -0.1) is 0 Å². The summed E-state index contributed by atoms with van der Waals surface area (Å²) in [5.41, 5.74) is 5.01. The van der Waals surface area contributed by atoms with Crippen LogP contribution in [0.4, 0.5) is 11.5 Å². The number of furan rings is 1. The average molecular weight is 376 g/mol. The van der Waals surface area contributed by atoms with E-state index in [1.807, 2.05) is 20.8 Å². The molecule has 8 nitrogen and oxygen atoms in total. The number of hydrogen-bond acceptors (Lipinski definition) is 5.